The molecule has 0 aromatic rings. The molecule has 2 rings (SSSR count). The number of hydrogen-bond acceptors (Lipinski definition) is 3. The topological polar surface area (TPSA) is 18.5 Å². The van der Waals surface area contributed by atoms with E-state index in [-0.39, 0.29) is 0 Å². The standard InChI is InChI=1S/C15H31N3/c1-4-8-16-15-7-5-6-14(15)12-18-10-9-17(3)11-13(18)2/h13-16H,4-12H2,1-3H3. The van der Waals surface area contributed by atoms with Gasteiger partial charge in [0.2, 0.25) is 0 Å². The summed E-state index contributed by atoms with van der Waals surface area (Å²) in [5, 5.41) is 3.76. The molecular formula is C15H31N3. The van der Waals surface area contributed by atoms with Gasteiger partial charge in [-0.1, -0.05) is 13.3 Å². The van der Waals surface area contributed by atoms with Crippen LogP contribution in [0.4, 0.5) is 0 Å². The van der Waals surface area contributed by atoms with E-state index in [2.05, 4.69) is 36.0 Å². The summed E-state index contributed by atoms with van der Waals surface area (Å²) in [6.07, 6.45) is 5.51. The predicted octanol–water partition coefficient (Wildman–Crippen LogP) is 1.79. The van der Waals surface area contributed by atoms with Gasteiger partial charge in [0.1, 0.15) is 0 Å². The fourth-order valence-corrected chi connectivity index (χ4v) is 3.60. The van der Waals surface area contributed by atoms with Crippen molar-refractivity contribution in [3.8, 4) is 0 Å². The highest BCUT2D eigenvalue weighted by atomic mass is 15.3. The fourth-order valence-electron chi connectivity index (χ4n) is 3.60. The minimum atomic E-state index is 0.733. The van der Waals surface area contributed by atoms with Crippen molar-refractivity contribution in [1.29, 1.82) is 0 Å². The van der Waals surface area contributed by atoms with Crippen LogP contribution in [-0.2, 0) is 0 Å². The maximum Gasteiger partial charge on any atom is 0.0195 e. The second-order valence-corrected chi connectivity index (χ2v) is 6.36. The van der Waals surface area contributed by atoms with Gasteiger partial charge in [0.25, 0.3) is 0 Å². The Kier molecular flexibility index (Phi) is 5.46. The molecule has 0 radical (unpaired) electrons. The molecule has 0 aromatic heterocycles. The smallest absolute Gasteiger partial charge is 0.0195 e. The van der Waals surface area contributed by atoms with Gasteiger partial charge in [-0.05, 0) is 45.7 Å². The SMILES string of the molecule is CCCNC1CCCC1CN1CCN(C)CC1C. The molecule has 3 nitrogen and oxygen atoms in total. The highest BCUT2D eigenvalue weighted by molar-refractivity contribution is 4.88. The third kappa shape index (κ3) is 3.69. The van der Waals surface area contributed by atoms with E-state index < -0.39 is 0 Å². The molecule has 3 unspecified atom stereocenters. The van der Waals surface area contributed by atoms with E-state index in [9.17, 15) is 0 Å². The first-order valence-electron chi connectivity index (χ1n) is 7.86. The summed E-state index contributed by atoms with van der Waals surface area (Å²) in [6, 6.07) is 1.52. The zero-order valence-corrected chi connectivity index (χ0v) is 12.5. The molecule has 106 valence electrons. The quantitative estimate of drug-likeness (QED) is 0.806. The number of piperazine rings is 1. The molecule has 2 fully saturated rings. The third-order valence-corrected chi connectivity index (χ3v) is 4.75. The Morgan fingerprint density at radius 1 is 1.22 bits per heavy atom. The Labute approximate surface area is 113 Å². The molecular weight excluding hydrogens is 222 g/mol. The van der Waals surface area contributed by atoms with Crippen LogP contribution in [0.25, 0.3) is 0 Å². The molecule has 0 bridgehead atoms. The number of nitrogens with one attached hydrogen (secondary N) is 1. The number of nitrogens with zero attached hydrogens (tertiary/aromatic N) is 2. The molecule has 1 saturated carbocycles. The monoisotopic (exact) mass is 253 g/mol. The van der Waals surface area contributed by atoms with Crippen LogP contribution in [0.15, 0.2) is 0 Å². The highest BCUT2D eigenvalue weighted by Gasteiger charge is 2.31. The molecule has 2 aliphatic rings. The Hall–Kier alpha value is -0.120. The maximum absolute atomic E-state index is 3.76. The van der Waals surface area contributed by atoms with Crippen LogP contribution in [-0.4, -0.2) is 61.7 Å². The molecule has 0 aromatic carbocycles. The molecule has 18 heavy (non-hydrogen) atoms. The van der Waals surface area contributed by atoms with E-state index >= 15 is 0 Å². The van der Waals surface area contributed by atoms with Crippen LogP contribution >= 0.6 is 0 Å². The van der Waals surface area contributed by atoms with Crippen molar-refractivity contribution in [3.63, 3.8) is 0 Å². The average molecular weight is 253 g/mol. The zero-order chi connectivity index (χ0) is 13.0. The summed E-state index contributed by atoms with van der Waals surface area (Å²) in [5.74, 6) is 0.891. The van der Waals surface area contributed by atoms with E-state index in [0.717, 1.165) is 18.0 Å². The van der Waals surface area contributed by atoms with Crippen molar-refractivity contribution >= 4 is 0 Å². The van der Waals surface area contributed by atoms with Crippen molar-refractivity contribution in [3.05, 3.63) is 0 Å². The first-order chi connectivity index (χ1) is 8.70. The zero-order valence-electron chi connectivity index (χ0n) is 12.5. The van der Waals surface area contributed by atoms with Crippen molar-refractivity contribution in [2.45, 2.75) is 51.6 Å². The number of hydrogen-bond donors (Lipinski definition) is 1. The highest BCUT2D eigenvalue weighted by Crippen LogP contribution is 2.27. The average Bonchev–Trinajstić information content (AvgIpc) is 2.77. The molecule has 0 amide bonds. The Morgan fingerprint density at radius 3 is 2.78 bits per heavy atom. The van der Waals surface area contributed by atoms with Crippen LogP contribution in [0.3, 0.4) is 0 Å². The van der Waals surface area contributed by atoms with Crippen LogP contribution in [0.1, 0.15) is 39.5 Å². The lowest BCUT2D eigenvalue weighted by molar-refractivity contribution is 0.0812. The van der Waals surface area contributed by atoms with Gasteiger partial charge in [0.05, 0.1) is 0 Å². The second kappa shape index (κ2) is 6.88. The van der Waals surface area contributed by atoms with Gasteiger partial charge in [0.15, 0.2) is 0 Å². The molecule has 3 heteroatoms. The van der Waals surface area contributed by atoms with Crippen LogP contribution in [0, 0.1) is 5.92 Å². The van der Waals surface area contributed by atoms with E-state index in [1.165, 1.54) is 58.4 Å². The van der Waals surface area contributed by atoms with Crippen molar-refractivity contribution in [2.24, 2.45) is 5.92 Å². The van der Waals surface area contributed by atoms with Crippen molar-refractivity contribution < 1.29 is 0 Å². The van der Waals surface area contributed by atoms with E-state index in [0.29, 0.717) is 0 Å². The normalized spacial score (nSPS) is 35.2. The van der Waals surface area contributed by atoms with Crippen LogP contribution in [0.5, 0.6) is 0 Å². The van der Waals surface area contributed by atoms with Gasteiger partial charge in [-0.15, -0.1) is 0 Å². The minimum Gasteiger partial charge on any atom is -0.314 e. The van der Waals surface area contributed by atoms with Gasteiger partial charge in [0, 0.05) is 38.3 Å². The largest absolute Gasteiger partial charge is 0.314 e. The molecule has 1 aliphatic heterocycles. The van der Waals surface area contributed by atoms with E-state index in [1.807, 2.05) is 0 Å². The first kappa shape index (κ1) is 14.3. The summed E-state index contributed by atoms with van der Waals surface area (Å²) in [6.45, 7) is 10.9. The minimum absolute atomic E-state index is 0.733. The lowest BCUT2D eigenvalue weighted by atomic mass is 10.0. The molecule has 0 spiro atoms. The third-order valence-electron chi connectivity index (χ3n) is 4.75. The lowest BCUT2D eigenvalue weighted by Crippen LogP contribution is -2.53. The van der Waals surface area contributed by atoms with Gasteiger partial charge < -0.3 is 10.2 Å². The predicted molar refractivity (Wildman–Crippen MR) is 78.0 cm³/mol. The van der Waals surface area contributed by atoms with Gasteiger partial charge >= 0.3 is 0 Å². The Morgan fingerprint density at radius 2 is 2.06 bits per heavy atom. The molecule has 1 aliphatic carbocycles. The Balaban J connectivity index is 1.80. The first-order valence-corrected chi connectivity index (χ1v) is 7.86. The van der Waals surface area contributed by atoms with Gasteiger partial charge in [-0.2, -0.15) is 0 Å². The summed E-state index contributed by atoms with van der Waals surface area (Å²) in [5.41, 5.74) is 0. The summed E-state index contributed by atoms with van der Waals surface area (Å²) >= 11 is 0. The van der Waals surface area contributed by atoms with Crippen molar-refractivity contribution in [2.75, 3.05) is 39.8 Å². The lowest BCUT2D eigenvalue weighted by Gasteiger charge is -2.40. The summed E-state index contributed by atoms with van der Waals surface area (Å²) in [4.78, 5) is 5.18. The molecule has 3 atom stereocenters. The number of likely N-dealkylation sites (N-methyl/N-ethyl adjacent to an activating group) is 1. The van der Waals surface area contributed by atoms with Crippen molar-refractivity contribution in [1.82, 2.24) is 15.1 Å². The summed E-state index contributed by atoms with van der Waals surface area (Å²) < 4.78 is 0. The van der Waals surface area contributed by atoms with Gasteiger partial charge in [-0.3, -0.25) is 4.90 Å². The van der Waals surface area contributed by atoms with E-state index in [1.54, 1.807) is 0 Å². The van der Waals surface area contributed by atoms with Crippen LogP contribution < -0.4 is 5.32 Å². The van der Waals surface area contributed by atoms with Crippen LogP contribution in [0.2, 0.25) is 0 Å². The summed E-state index contributed by atoms with van der Waals surface area (Å²) in [7, 11) is 2.25. The Bertz CT molecular complexity index is 244. The second-order valence-electron chi connectivity index (χ2n) is 6.36. The molecule has 1 heterocycles. The fraction of sp³-hybridized carbons (Fsp3) is 1.00. The van der Waals surface area contributed by atoms with Gasteiger partial charge in [-0.25, -0.2) is 0 Å². The molecule has 1 saturated heterocycles. The maximum atomic E-state index is 3.76. The molecule has 1 N–H and O–H groups in total. The van der Waals surface area contributed by atoms with E-state index in [4.69, 9.17) is 0 Å². The number of rotatable bonds is 5.